The minimum Gasteiger partial charge on any atom is -0.480 e. The molecule has 0 radical (unpaired) electrons. The SMILES string of the molecule is CCN(C(=O)CC(C)c1ccc(N)cc1)C(C)(C)C(=O)O. The second kappa shape index (κ2) is 6.61. The van der Waals surface area contributed by atoms with Crippen LogP contribution >= 0.6 is 0 Å². The van der Waals surface area contributed by atoms with E-state index in [4.69, 9.17) is 5.73 Å². The summed E-state index contributed by atoms with van der Waals surface area (Å²) >= 11 is 0. The van der Waals surface area contributed by atoms with Gasteiger partial charge in [-0.1, -0.05) is 19.1 Å². The van der Waals surface area contributed by atoms with Crippen LogP contribution < -0.4 is 5.73 Å². The quantitative estimate of drug-likeness (QED) is 0.789. The minimum atomic E-state index is -1.20. The third-order valence-corrected chi connectivity index (χ3v) is 3.80. The van der Waals surface area contributed by atoms with Crippen LogP contribution in [0.3, 0.4) is 0 Å². The molecule has 1 rings (SSSR count). The van der Waals surface area contributed by atoms with Crippen molar-refractivity contribution in [2.24, 2.45) is 0 Å². The van der Waals surface area contributed by atoms with Crippen LogP contribution in [-0.2, 0) is 9.59 Å². The normalized spacial score (nSPS) is 12.8. The first-order valence-electron chi connectivity index (χ1n) is 7.09. The second-order valence-electron chi connectivity index (χ2n) is 5.77. The van der Waals surface area contributed by atoms with Crippen LogP contribution in [0, 0.1) is 0 Å². The van der Waals surface area contributed by atoms with E-state index >= 15 is 0 Å². The van der Waals surface area contributed by atoms with E-state index in [1.807, 2.05) is 19.1 Å². The Kier molecular flexibility index (Phi) is 5.35. The van der Waals surface area contributed by atoms with Gasteiger partial charge < -0.3 is 15.7 Å². The van der Waals surface area contributed by atoms with E-state index in [0.717, 1.165) is 5.56 Å². The van der Waals surface area contributed by atoms with Crippen molar-refractivity contribution >= 4 is 17.6 Å². The number of nitrogens with two attached hydrogens (primary N) is 1. The number of nitrogens with zero attached hydrogens (tertiary/aromatic N) is 1. The molecule has 3 N–H and O–H groups in total. The van der Waals surface area contributed by atoms with Crippen molar-refractivity contribution in [1.82, 2.24) is 4.90 Å². The zero-order valence-electron chi connectivity index (χ0n) is 13.1. The number of likely N-dealkylation sites (N-methyl/N-ethyl adjacent to an activating group) is 1. The van der Waals surface area contributed by atoms with Crippen molar-refractivity contribution in [2.75, 3.05) is 12.3 Å². The standard InChI is InChI=1S/C16H24N2O3/c1-5-18(16(3,4)15(20)21)14(19)10-11(2)12-6-8-13(17)9-7-12/h6-9,11H,5,10,17H2,1-4H3,(H,20,21). The molecule has 0 saturated carbocycles. The molecule has 0 saturated heterocycles. The Hall–Kier alpha value is -2.04. The smallest absolute Gasteiger partial charge is 0.329 e. The lowest BCUT2D eigenvalue weighted by atomic mass is 9.95. The molecule has 1 amide bonds. The van der Waals surface area contributed by atoms with Gasteiger partial charge in [-0.15, -0.1) is 0 Å². The number of carboxylic acid groups (broad SMARTS) is 1. The molecule has 0 aliphatic rings. The summed E-state index contributed by atoms with van der Waals surface area (Å²) in [6.45, 7) is 7.20. The van der Waals surface area contributed by atoms with Gasteiger partial charge >= 0.3 is 5.97 Å². The van der Waals surface area contributed by atoms with Gasteiger partial charge in [-0.25, -0.2) is 4.79 Å². The van der Waals surface area contributed by atoms with E-state index in [-0.39, 0.29) is 18.2 Å². The van der Waals surface area contributed by atoms with Crippen molar-refractivity contribution in [2.45, 2.75) is 45.6 Å². The Balaban J connectivity index is 2.83. The molecule has 1 unspecified atom stereocenters. The lowest BCUT2D eigenvalue weighted by Gasteiger charge is -2.35. The number of hydrogen-bond donors (Lipinski definition) is 2. The predicted molar refractivity (Wildman–Crippen MR) is 83.0 cm³/mol. The first kappa shape index (κ1) is 17.0. The fourth-order valence-corrected chi connectivity index (χ4v) is 2.31. The van der Waals surface area contributed by atoms with E-state index in [1.54, 1.807) is 32.9 Å². The lowest BCUT2D eigenvalue weighted by molar-refractivity contribution is -0.156. The van der Waals surface area contributed by atoms with Crippen molar-refractivity contribution in [3.8, 4) is 0 Å². The number of rotatable bonds is 6. The number of carboxylic acids is 1. The number of nitrogen functional groups attached to an aromatic ring is 1. The average Bonchev–Trinajstić information content (AvgIpc) is 2.39. The Labute approximate surface area is 125 Å². The van der Waals surface area contributed by atoms with E-state index in [9.17, 15) is 14.7 Å². The van der Waals surface area contributed by atoms with Crippen LogP contribution in [0.4, 0.5) is 5.69 Å². The fourth-order valence-electron chi connectivity index (χ4n) is 2.31. The molecule has 21 heavy (non-hydrogen) atoms. The molecule has 1 aromatic carbocycles. The highest BCUT2D eigenvalue weighted by atomic mass is 16.4. The van der Waals surface area contributed by atoms with Crippen LogP contribution in [-0.4, -0.2) is 34.0 Å². The highest BCUT2D eigenvalue weighted by molar-refractivity contribution is 5.86. The highest BCUT2D eigenvalue weighted by Crippen LogP contribution is 2.24. The predicted octanol–water partition coefficient (Wildman–Crippen LogP) is 2.47. The number of aliphatic carboxylic acids is 1. The number of carbonyl (C=O) groups excluding carboxylic acids is 1. The molecule has 0 bridgehead atoms. The van der Waals surface area contributed by atoms with Gasteiger partial charge in [0.1, 0.15) is 5.54 Å². The number of amides is 1. The summed E-state index contributed by atoms with van der Waals surface area (Å²) in [4.78, 5) is 25.1. The number of carbonyl (C=O) groups is 2. The van der Waals surface area contributed by atoms with E-state index in [2.05, 4.69) is 0 Å². The Morgan fingerprint density at radius 1 is 1.29 bits per heavy atom. The summed E-state index contributed by atoms with van der Waals surface area (Å²) in [5, 5.41) is 9.27. The molecule has 5 nitrogen and oxygen atoms in total. The third-order valence-electron chi connectivity index (χ3n) is 3.80. The largest absolute Gasteiger partial charge is 0.480 e. The molecular weight excluding hydrogens is 268 g/mol. The third kappa shape index (κ3) is 3.97. The zero-order valence-corrected chi connectivity index (χ0v) is 13.1. The van der Waals surface area contributed by atoms with E-state index < -0.39 is 11.5 Å². The molecule has 5 heteroatoms. The van der Waals surface area contributed by atoms with Crippen molar-refractivity contribution < 1.29 is 14.7 Å². The van der Waals surface area contributed by atoms with E-state index in [1.165, 1.54) is 4.90 Å². The number of benzene rings is 1. The van der Waals surface area contributed by atoms with Gasteiger partial charge in [0, 0.05) is 18.7 Å². The topological polar surface area (TPSA) is 83.6 Å². The molecule has 116 valence electrons. The van der Waals surface area contributed by atoms with Gasteiger partial charge in [0.25, 0.3) is 0 Å². The molecule has 0 heterocycles. The highest BCUT2D eigenvalue weighted by Gasteiger charge is 2.37. The van der Waals surface area contributed by atoms with Crippen LogP contribution in [0.5, 0.6) is 0 Å². The van der Waals surface area contributed by atoms with Gasteiger partial charge in [-0.2, -0.15) is 0 Å². The first-order chi connectivity index (χ1) is 9.70. The summed E-state index contributed by atoms with van der Waals surface area (Å²) in [5.74, 6) is -1.15. The summed E-state index contributed by atoms with van der Waals surface area (Å²) in [5.41, 5.74) is 6.14. The molecule has 0 aliphatic carbocycles. The summed E-state index contributed by atoms with van der Waals surface area (Å²) in [6.07, 6.45) is 0.272. The Morgan fingerprint density at radius 2 is 1.81 bits per heavy atom. The van der Waals surface area contributed by atoms with Gasteiger partial charge in [0.05, 0.1) is 0 Å². The number of hydrogen-bond acceptors (Lipinski definition) is 3. The van der Waals surface area contributed by atoms with Gasteiger partial charge in [0.2, 0.25) is 5.91 Å². The van der Waals surface area contributed by atoms with Gasteiger partial charge in [-0.05, 0) is 44.4 Å². The van der Waals surface area contributed by atoms with Crippen LogP contribution in [0.2, 0.25) is 0 Å². The molecule has 0 aliphatic heterocycles. The Bertz CT molecular complexity index is 509. The molecule has 0 aromatic heterocycles. The van der Waals surface area contributed by atoms with Crippen LogP contribution in [0.1, 0.15) is 45.6 Å². The van der Waals surface area contributed by atoms with Crippen molar-refractivity contribution in [3.05, 3.63) is 29.8 Å². The maximum Gasteiger partial charge on any atom is 0.329 e. The number of anilines is 1. The average molecular weight is 292 g/mol. The zero-order chi connectivity index (χ0) is 16.2. The second-order valence-corrected chi connectivity index (χ2v) is 5.77. The Morgan fingerprint density at radius 3 is 2.24 bits per heavy atom. The molecule has 1 aromatic rings. The van der Waals surface area contributed by atoms with Crippen molar-refractivity contribution in [1.29, 1.82) is 0 Å². The maximum absolute atomic E-state index is 12.4. The molecule has 1 atom stereocenters. The van der Waals surface area contributed by atoms with Crippen LogP contribution in [0.15, 0.2) is 24.3 Å². The molecule has 0 spiro atoms. The van der Waals surface area contributed by atoms with Crippen LogP contribution in [0.25, 0.3) is 0 Å². The van der Waals surface area contributed by atoms with Gasteiger partial charge in [-0.3, -0.25) is 4.79 Å². The minimum absolute atomic E-state index is 0.0109. The van der Waals surface area contributed by atoms with Crippen molar-refractivity contribution in [3.63, 3.8) is 0 Å². The van der Waals surface area contributed by atoms with E-state index in [0.29, 0.717) is 12.2 Å². The summed E-state index contributed by atoms with van der Waals surface area (Å²) in [6, 6.07) is 7.39. The first-order valence-corrected chi connectivity index (χ1v) is 7.09. The fraction of sp³-hybridized carbons (Fsp3) is 0.500. The summed E-state index contributed by atoms with van der Waals surface area (Å²) < 4.78 is 0. The maximum atomic E-state index is 12.4. The summed E-state index contributed by atoms with van der Waals surface area (Å²) in [7, 11) is 0. The lowest BCUT2D eigenvalue weighted by Crippen LogP contribution is -2.53. The van der Waals surface area contributed by atoms with Gasteiger partial charge in [0.15, 0.2) is 0 Å². The monoisotopic (exact) mass is 292 g/mol. The molecular formula is C16H24N2O3. The molecule has 0 fully saturated rings.